The maximum atomic E-state index is 5.82. The Balaban J connectivity index is 2.15. The predicted octanol–water partition coefficient (Wildman–Crippen LogP) is 5.14. The fraction of sp³-hybridized carbons (Fsp3) is 0.684. The Bertz CT molecular complexity index is 360. The summed E-state index contributed by atoms with van der Waals surface area (Å²) in [5, 5.41) is 3.52. The van der Waals surface area contributed by atoms with Gasteiger partial charge in [0, 0.05) is 6.04 Å². The molecule has 0 fully saturated rings. The fourth-order valence-electron chi connectivity index (χ4n) is 2.36. The van der Waals surface area contributed by atoms with Gasteiger partial charge in [0.2, 0.25) is 0 Å². The summed E-state index contributed by atoms with van der Waals surface area (Å²) in [5.41, 5.74) is 1.40. The van der Waals surface area contributed by atoms with Crippen LogP contribution in [0.2, 0.25) is 0 Å². The lowest BCUT2D eigenvalue weighted by atomic mass is 9.99. The highest BCUT2D eigenvalue weighted by molar-refractivity contribution is 5.29. The highest BCUT2D eigenvalue weighted by atomic mass is 16.5. The molecule has 120 valence electrons. The fourth-order valence-corrected chi connectivity index (χ4v) is 2.36. The van der Waals surface area contributed by atoms with Crippen molar-refractivity contribution < 1.29 is 4.74 Å². The van der Waals surface area contributed by atoms with Gasteiger partial charge in [-0.05, 0) is 69.2 Å². The quantitative estimate of drug-likeness (QED) is 0.570. The van der Waals surface area contributed by atoms with Crippen LogP contribution < -0.4 is 10.1 Å². The molecule has 0 aromatic heterocycles. The molecule has 0 saturated carbocycles. The topological polar surface area (TPSA) is 21.3 Å². The molecule has 0 heterocycles. The second kappa shape index (κ2) is 10.7. The summed E-state index contributed by atoms with van der Waals surface area (Å²) in [6.45, 7) is 10.9. The van der Waals surface area contributed by atoms with Crippen molar-refractivity contribution in [2.45, 2.75) is 71.8 Å². The van der Waals surface area contributed by atoms with Crippen LogP contribution in [0.5, 0.6) is 5.75 Å². The molecule has 2 heteroatoms. The molecule has 0 aliphatic heterocycles. The molecule has 0 aliphatic carbocycles. The first-order chi connectivity index (χ1) is 10.2. The van der Waals surface area contributed by atoms with Gasteiger partial charge in [-0.2, -0.15) is 0 Å². The molecule has 1 aromatic carbocycles. The van der Waals surface area contributed by atoms with E-state index >= 15 is 0 Å². The first kappa shape index (κ1) is 18.0. The van der Waals surface area contributed by atoms with Crippen molar-refractivity contribution in [2.75, 3.05) is 13.2 Å². The van der Waals surface area contributed by atoms with Gasteiger partial charge in [-0.1, -0.05) is 32.9 Å². The number of hydrogen-bond donors (Lipinski definition) is 1. The van der Waals surface area contributed by atoms with E-state index in [9.17, 15) is 0 Å². The first-order valence-corrected chi connectivity index (χ1v) is 8.63. The van der Waals surface area contributed by atoms with Crippen LogP contribution in [-0.4, -0.2) is 19.2 Å². The average molecular weight is 291 g/mol. The Hall–Kier alpha value is -1.02. The van der Waals surface area contributed by atoms with Crippen molar-refractivity contribution in [3.05, 3.63) is 29.8 Å². The van der Waals surface area contributed by atoms with Gasteiger partial charge in [-0.25, -0.2) is 0 Å². The Morgan fingerprint density at radius 2 is 1.76 bits per heavy atom. The second-order valence-electron chi connectivity index (χ2n) is 6.08. The van der Waals surface area contributed by atoms with Crippen LogP contribution in [0, 0.1) is 0 Å². The van der Waals surface area contributed by atoms with Gasteiger partial charge >= 0.3 is 0 Å². The number of benzene rings is 1. The summed E-state index contributed by atoms with van der Waals surface area (Å²) in [4.78, 5) is 0. The van der Waals surface area contributed by atoms with Crippen molar-refractivity contribution >= 4 is 0 Å². The van der Waals surface area contributed by atoms with E-state index in [1.807, 2.05) is 0 Å². The molecule has 0 saturated heterocycles. The zero-order chi connectivity index (χ0) is 15.5. The summed E-state index contributed by atoms with van der Waals surface area (Å²) >= 11 is 0. The monoisotopic (exact) mass is 291 g/mol. The first-order valence-electron chi connectivity index (χ1n) is 8.63. The molecule has 21 heavy (non-hydrogen) atoms. The van der Waals surface area contributed by atoms with E-state index in [0.29, 0.717) is 12.0 Å². The summed E-state index contributed by atoms with van der Waals surface area (Å²) in [6.07, 6.45) is 5.98. The van der Waals surface area contributed by atoms with E-state index in [-0.39, 0.29) is 0 Å². The Kier molecular flexibility index (Phi) is 9.16. The predicted molar refractivity (Wildman–Crippen MR) is 92.2 cm³/mol. The maximum Gasteiger partial charge on any atom is 0.119 e. The molecular formula is C19H33NO. The molecule has 1 rings (SSSR count). The normalized spacial score (nSPS) is 13.9. The van der Waals surface area contributed by atoms with Gasteiger partial charge < -0.3 is 10.1 Å². The highest BCUT2D eigenvalue weighted by Gasteiger charge is 2.03. The number of hydrogen-bond acceptors (Lipinski definition) is 2. The van der Waals surface area contributed by atoms with Crippen LogP contribution in [0.1, 0.15) is 71.3 Å². The Labute approximate surface area is 131 Å². The lowest BCUT2D eigenvalue weighted by Crippen LogP contribution is -2.26. The average Bonchev–Trinajstić information content (AvgIpc) is 2.52. The van der Waals surface area contributed by atoms with E-state index < -0.39 is 0 Å². The molecular weight excluding hydrogens is 258 g/mol. The maximum absolute atomic E-state index is 5.82. The van der Waals surface area contributed by atoms with Crippen LogP contribution in [0.3, 0.4) is 0 Å². The van der Waals surface area contributed by atoms with Gasteiger partial charge in [0.25, 0.3) is 0 Å². The third kappa shape index (κ3) is 7.52. The number of unbranched alkanes of at least 4 members (excludes halogenated alkanes) is 1. The minimum absolute atomic E-state index is 0.625. The Morgan fingerprint density at radius 3 is 2.38 bits per heavy atom. The molecule has 0 amide bonds. The lowest BCUT2D eigenvalue weighted by Gasteiger charge is -2.13. The smallest absolute Gasteiger partial charge is 0.119 e. The Morgan fingerprint density at radius 1 is 1.05 bits per heavy atom. The molecule has 1 aromatic rings. The molecule has 0 bridgehead atoms. The molecule has 0 aliphatic rings. The molecule has 2 atom stereocenters. The van der Waals surface area contributed by atoms with Gasteiger partial charge in [-0.3, -0.25) is 0 Å². The van der Waals surface area contributed by atoms with Crippen LogP contribution >= 0.6 is 0 Å². The summed E-state index contributed by atoms with van der Waals surface area (Å²) < 4.78 is 5.82. The molecule has 1 N–H and O–H groups in total. The summed E-state index contributed by atoms with van der Waals surface area (Å²) in [5.74, 6) is 1.63. The van der Waals surface area contributed by atoms with E-state index in [4.69, 9.17) is 4.74 Å². The largest absolute Gasteiger partial charge is 0.494 e. The van der Waals surface area contributed by atoms with Crippen molar-refractivity contribution in [3.63, 3.8) is 0 Å². The molecule has 0 radical (unpaired) electrons. The lowest BCUT2D eigenvalue weighted by molar-refractivity contribution is 0.301. The molecule has 0 spiro atoms. The van der Waals surface area contributed by atoms with Crippen molar-refractivity contribution in [2.24, 2.45) is 0 Å². The van der Waals surface area contributed by atoms with Gasteiger partial charge in [-0.15, -0.1) is 0 Å². The van der Waals surface area contributed by atoms with Gasteiger partial charge in [0.05, 0.1) is 6.61 Å². The minimum Gasteiger partial charge on any atom is -0.494 e. The summed E-state index contributed by atoms with van der Waals surface area (Å²) in [6, 6.07) is 9.22. The van der Waals surface area contributed by atoms with Gasteiger partial charge in [0.1, 0.15) is 5.75 Å². The van der Waals surface area contributed by atoms with Gasteiger partial charge in [0.15, 0.2) is 0 Å². The van der Waals surface area contributed by atoms with Crippen LogP contribution in [0.25, 0.3) is 0 Å². The van der Waals surface area contributed by atoms with E-state index in [2.05, 4.69) is 57.3 Å². The molecule has 2 unspecified atom stereocenters. The van der Waals surface area contributed by atoms with E-state index in [1.54, 1.807) is 0 Å². The number of ether oxygens (including phenoxy) is 1. The molecule has 2 nitrogen and oxygen atoms in total. The standard InChI is InChI=1S/C19H33NO/c1-5-14-20-17(4)9-7-8-15-21-19-12-10-18(11-13-19)16(3)6-2/h10-13,16-17,20H,5-9,14-15H2,1-4H3. The van der Waals surface area contributed by atoms with Crippen molar-refractivity contribution in [3.8, 4) is 5.75 Å². The van der Waals surface area contributed by atoms with Crippen molar-refractivity contribution in [1.29, 1.82) is 0 Å². The number of nitrogens with one attached hydrogen (secondary N) is 1. The van der Waals surface area contributed by atoms with Crippen molar-refractivity contribution in [1.82, 2.24) is 5.32 Å². The third-order valence-electron chi connectivity index (χ3n) is 4.10. The zero-order valence-electron chi connectivity index (χ0n) is 14.3. The van der Waals surface area contributed by atoms with Crippen LogP contribution in [0.4, 0.5) is 0 Å². The third-order valence-corrected chi connectivity index (χ3v) is 4.10. The highest BCUT2D eigenvalue weighted by Crippen LogP contribution is 2.21. The minimum atomic E-state index is 0.625. The van der Waals surface area contributed by atoms with E-state index in [0.717, 1.165) is 25.3 Å². The van der Waals surface area contributed by atoms with Crippen LogP contribution in [0.15, 0.2) is 24.3 Å². The SMILES string of the molecule is CCCNC(C)CCCCOc1ccc(C(C)CC)cc1. The van der Waals surface area contributed by atoms with Crippen LogP contribution in [-0.2, 0) is 0 Å². The zero-order valence-corrected chi connectivity index (χ0v) is 14.3. The second-order valence-corrected chi connectivity index (χ2v) is 6.08. The van der Waals surface area contributed by atoms with E-state index in [1.165, 1.54) is 31.2 Å². The summed E-state index contributed by atoms with van der Waals surface area (Å²) in [7, 11) is 0. The number of rotatable bonds is 11.